The van der Waals surface area contributed by atoms with Crippen molar-refractivity contribution in [1.29, 1.82) is 0 Å². The number of carbonyl (C=O) groups excluding carboxylic acids is 2. The Labute approximate surface area is 155 Å². The zero-order valence-corrected chi connectivity index (χ0v) is 15.9. The third kappa shape index (κ3) is 4.40. The highest BCUT2D eigenvalue weighted by Gasteiger charge is 2.37. The number of carboxylic acids is 1. The molecule has 1 aromatic carbocycles. The van der Waals surface area contributed by atoms with Gasteiger partial charge < -0.3 is 9.90 Å². The molecule has 128 valence electrons. The van der Waals surface area contributed by atoms with Crippen LogP contribution in [0.4, 0.5) is 0 Å². The molecule has 1 saturated heterocycles. The third-order valence-corrected chi connectivity index (χ3v) is 5.66. The number of nitrogens with zero attached hydrogens (tertiary/aromatic N) is 1. The van der Waals surface area contributed by atoms with Gasteiger partial charge in [0, 0.05) is 0 Å². The van der Waals surface area contributed by atoms with E-state index in [1.165, 1.54) is 22.2 Å². The second kappa shape index (κ2) is 8.69. The number of hydrogen-bond donors (Lipinski definition) is 0. The van der Waals surface area contributed by atoms with E-state index in [1.54, 1.807) is 6.08 Å². The van der Waals surface area contributed by atoms with Crippen LogP contribution in [0.15, 0.2) is 29.2 Å². The lowest BCUT2D eigenvalue weighted by atomic mass is 10.1. The van der Waals surface area contributed by atoms with Gasteiger partial charge in [-0.1, -0.05) is 55.2 Å². The third-order valence-electron chi connectivity index (χ3n) is 3.69. The van der Waals surface area contributed by atoms with E-state index >= 15 is 0 Å². The molecule has 1 aromatic rings. The van der Waals surface area contributed by atoms with Crippen molar-refractivity contribution in [2.75, 3.05) is 12.0 Å². The fraction of sp³-hybridized carbons (Fsp3) is 0.353. The fourth-order valence-electron chi connectivity index (χ4n) is 2.33. The van der Waals surface area contributed by atoms with Crippen LogP contribution in [0, 0.1) is 0 Å². The van der Waals surface area contributed by atoms with Gasteiger partial charge in [-0.3, -0.25) is 9.69 Å². The predicted octanol–water partition coefficient (Wildman–Crippen LogP) is 2.32. The maximum Gasteiger partial charge on any atom is 0.266 e. The van der Waals surface area contributed by atoms with Gasteiger partial charge in [0.25, 0.3) is 5.91 Å². The summed E-state index contributed by atoms with van der Waals surface area (Å²) in [6, 6.07) is 6.88. The number of carboxylic acid groups (broad SMARTS) is 1. The van der Waals surface area contributed by atoms with E-state index in [-0.39, 0.29) is 10.2 Å². The van der Waals surface area contributed by atoms with Gasteiger partial charge in [-0.05, 0) is 42.1 Å². The number of carbonyl (C=O) groups is 2. The summed E-state index contributed by atoms with van der Waals surface area (Å²) in [5.41, 5.74) is 2.11. The average Bonchev–Trinajstić information content (AvgIpc) is 2.83. The Morgan fingerprint density at radius 2 is 2.08 bits per heavy atom. The first kappa shape index (κ1) is 19.0. The lowest BCUT2D eigenvalue weighted by molar-refractivity contribution is -0.310. The van der Waals surface area contributed by atoms with Gasteiger partial charge in [0.2, 0.25) is 0 Å². The molecule has 1 aliphatic rings. The first-order valence-electron chi connectivity index (χ1n) is 7.53. The van der Waals surface area contributed by atoms with Crippen LogP contribution in [0.25, 0.3) is 6.08 Å². The Balaban J connectivity index is 2.23. The molecule has 0 radical (unpaired) electrons. The maximum absolute atomic E-state index is 12.6. The molecule has 4 nitrogen and oxygen atoms in total. The normalized spacial score (nSPS) is 17.6. The molecule has 0 aliphatic carbocycles. The summed E-state index contributed by atoms with van der Waals surface area (Å²) in [5.74, 6) is -1.01. The number of amides is 1. The van der Waals surface area contributed by atoms with Gasteiger partial charge in [-0.15, -0.1) is 0 Å². The van der Waals surface area contributed by atoms with Gasteiger partial charge >= 0.3 is 0 Å². The van der Waals surface area contributed by atoms with Crippen LogP contribution in [0.1, 0.15) is 24.5 Å². The Hall–Kier alpha value is -1.31. The minimum absolute atomic E-state index is 0.270. The summed E-state index contributed by atoms with van der Waals surface area (Å²) in [4.78, 5) is 25.6. The molecule has 0 aromatic heterocycles. The van der Waals surface area contributed by atoms with E-state index in [2.05, 4.69) is 6.92 Å². The minimum atomic E-state index is -1.27. The van der Waals surface area contributed by atoms with Crippen LogP contribution in [-0.4, -0.2) is 39.1 Å². The standard InChI is InChI=1S/C17H19NO3S3/c1-3-11-4-6-12(7-5-11)10-14-15(19)18(17(22)24-14)13(16(20)21)8-9-23-2/h4-7,10,13H,3,8-9H2,1-2H3,(H,20,21)/p-1/b14-10-/t13-/m0/s1. The monoisotopic (exact) mass is 380 g/mol. The van der Waals surface area contributed by atoms with Crippen molar-refractivity contribution in [3.63, 3.8) is 0 Å². The molecule has 2 rings (SSSR count). The quantitative estimate of drug-likeness (QED) is 0.534. The molecule has 0 unspecified atom stereocenters. The Morgan fingerprint density at radius 1 is 1.42 bits per heavy atom. The zero-order valence-electron chi connectivity index (χ0n) is 13.5. The number of aryl methyl sites for hydroxylation is 1. The fourth-order valence-corrected chi connectivity index (χ4v) is 4.15. The first-order chi connectivity index (χ1) is 11.5. The van der Waals surface area contributed by atoms with Crippen molar-refractivity contribution in [3.05, 3.63) is 40.3 Å². The summed E-state index contributed by atoms with van der Waals surface area (Å²) in [6.45, 7) is 2.08. The van der Waals surface area contributed by atoms with Crippen LogP contribution in [0.3, 0.4) is 0 Å². The van der Waals surface area contributed by atoms with Crippen LogP contribution in [-0.2, 0) is 16.0 Å². The second-order valence-corrected chi connectivity index (χ2v) is 7.92. The summed E-state index contributed by atoms with van der Waals surface area (Å²) in [5, 5.41) is 11.4. The Morgan fingerprint density at radius 3 is 2.62 bits per heavy atom. The van der Waals surface area contributed by atoms with Crippen LogP contribution in [0.5, 0.6) is 0 Å². The minimum Gasteiger partial charge on any atom is -0.548 e. The van der Waals surface area contributed by atoms with Gasteiger partial charge in [0.05, 0.1) is 16.9 Å². The molecule has 1 amide bonds. The summed E-state index contributed by atoms with van der Waals surface area (Å²) in [7, 11) is 0. The highest BCUT2D eigenvalue weighted by atomic mass is 32.2. The van der Waals surface area contributed by atoms with Crippen LogP contribution in [0.2, 0.25) is 0 Å². The Bertz CT molecular complexity index is 670. The smallest absolute Gasteiger partial charge is 0.266 e. The van der Waals surface area contributed by atoms with Crippen molar-refractivity contribution in [3.8, 4) is 0 Å². The Kier molecular flexibility index (Phi) is 6.89. The number of benzene rings is 1. The summed E-state index contributed by atoms with van der Waals surface area (Å²) < 4.78 is 0.270. The van der Waals surface area contributed by atoms with Crippen molar-refractivity contribution in [2.45, 2.75) is 25.8 Å². The zero-order chi connectivity index (χ0) is 17.7. The van der Waals surface area contributed by atoms with E-state index in [0.717, 1.165) is 23.7 Å². The lowest BCUT2D eigenvalue weighted by Gasteiger charge is -2.27. The van der Waals surface area contributed by atoms with E-state index in [9.17, 15) is 14.7 Å². The molecular formula is C17H18NO3S3-. The lowest BCUT2D eigenvalue weighted by Crippen LogP contribution is -2.50. The van der Waals surface area contributed by atoms with Crippen LogP contribution >= 0.6 is 35.7 Å². The molecule has 1 aliphatic heterocycles. The van der Waals surface area contributed by atoms with E-state index in [0.29, 0.717) is 17.1 Å². The van der Waals surface area contributed by atoms with Crippen molar-refractivity contribution in [1.82, 2.24) is 4.90 Å². The van der Waals surface area contributed by atoms with Gasteiger partial charge in [0.15, 0.2) is 0 Å². The SMILES string of the molecule is CCc1ccc(/C=C2\SC(=S)N([C@@H](CCSC)C(=O)[O-])C2=O)cc1. The van der Waals surface area contributed by atoms with E-state index < -0.39 is 12.0 Å². The summed E-state index contributed by atoms with van der Waals surface area (Å²) >= 11 is 7.88. The van der Waals surface area contributed by atoms with E-state index in [4.69, 9.17) is 12.2 Å². The molecule has 24 heavy (non-hydrogen) atoms. The first-order valence-corrected chi connectivity index (χ1v) is 10.2. The topological polar surface area (TPSA) is 60.4 Å². The van der Waals surface area contributed by atoms with Gasteiger partial charge in [-0.25, -0.2) is 0 Å². The highest BCUT2D eigenvalue weighted by Crippen LogP contribution is 2.34. The van der Waals surface area contributed by atoms with Crippen molar-refractivity contribution < 1.29 is 14.7 Å². The average molecular weight is 381 g/mol. The molecule has 1 heterocycles. The molecule has 0 bridgehead atoms. The molecule has 0 N–H and O–H groups in total. The molecule has 0 spiro atoms. The molecule has 0 saturated carbocycles. The number of rotatable bonds is 7. The number of thiocarbonyl (C=S) groups is 1. The highest BCUT2D eigenvalue weighted by molar-refractivity contribution is 8.26. The number of aliphatic carboxylic acids is 1. The van der Waals surface area contributed by atoms with Crippen molar-refractivity contribution in [2.24, 2.45) is 0 Å². The summed E-state index contributed by atoms with van der Waals surface area (Å²) in [6.07, 6.45) is 4.90. The molecule has 7 heteroatoms. The van der Waals surface area contributed by atoms with E-state index in [1.807, 2.05) is 30.5 Å². The molecular weight excluding hydrogens is 362 g/mol. The molecule has 1 atom stereocenters. The van der Waals surface area contributed by atoms with Crippen LogP contribution < -0.4 is 5.11 Å². The second-order valence-electron chi connectivity index (χ2n) is 5.26. The predicted molar refractivity (Wildman–Crippen MR) is 103 cm³/mol. The molecule has 1 fully saturated rings. The van der Waals surface area contributed by atoms with Gasteiger partial charge in [0.1, 0.15) is 4.32 Å². The number of thioether (sulfide) groups is 2. The largest absolute Gasteiger partial charge is 0.548 e. The maximum atomic E-state index is 12.6. The number of hydrogen-bond acceptors (Lipinski definition) is 6. The van der Waals surface area contributed by atoms with Crippen molar-refractivity contribution >= 4 is 58.0 Å². The van der Waals surface area contributed by atoms with Gasteiger partial charge in [-0.2, -0.15) is 11.8 Å².